The van der Waals surface area contributed by atoms with Gasteiger partial charge < -0.3 is 11.1 Å². The van der Waals surface area contributed by atoms with Gasteiger partial charge in [0.2, 0.25) is 5.91 Å². The Kier molecular flexibility index (Phi) is 4.71. The average molecular weight is 273 g/mol. The van der Waals surface area contributed by atoms with E-state index >= 15 is 0 Å². The summed E-state index contributed by atoms with van der Waals surface area (Å²) in [5, 5.41) is 2.82. The summed E-state index contributed by atoms with van der Waals surface area (Å²) in [6.45, 7) is 2.19. The van der Waals surface area contributed by atoms with E-state index in [9.17, 15) is 9.18 Å². The summed E-state index contributed by atoms with van der Waals surface area (Å²) in [5.74, 6) is -0.389. The Morgan fingerprint density at radius 3 is 2.72 bits per heavy atom. The lowest BCUT2D eigenvalue weighted by Crippen LogP contribution is -2.41. The molecule has 3 N–H and O–H groups in total. The molecule has 0 aromatic heterocycles. The van der Waals surface area contributed by atoms with E-state index in [1.54, 1.807) is 19.1 Å². The summed E-state index contributed by atoms with van der Waals surface area (Å²) in [6.07, 6.45) is 1.96. The first-order valence-electron chi connectivity index (χ1n) is 5.83. The molecule has 1 aliphatic rings. The molecule has 1 saturated carbocycles. The highest BCUT2D eigenvalue weighted by molar-refractivity contribution is 5.85. The van der Waals surface area contributed by atoms with Gasteiger partial charge in [0.15, 0.2) is 0 Å². The summed E-state index contributed by atoms with van der Waals surface area (Å²) < 4.78 is 13.1. The minimum Gasteiger partial charge on any atom is -0.354 e. The standard InChI is InChI=1S/C13H17FN2O.ClH/c1-9(15)12(17)16-8-13(5-6-13)10-3-2-4-11(14)7-10;/h2-4,7,9H,5-6,8,15H2,1H3,(H,16,17);1H/t9-;/m1./s1. The van der Waals surface area contributed by atoms with Crippen LogP contribution >= 0.6 is 12.4 Å². The van der Waals surface area contributed by atoms with Crippen molar-refractivity contribution in [1.82, 2.24) is 5.32 Å². The molecular weight excluding hydrogens is 255 g/mol. The lowest BCUT2D eigenvalue weighted by atomic mass is 9.96. The van der Waals surface area contributed by atoms with Crippen molar-refractivity contribution in [2.75, 3.05) is 6.54 Å². The van der Waals surface area contributed by atoms with E-state index in [2.05, 4.69) is 5.32 Å². The van der Waals surface area contributed by atoms with Crippen LogP contribution in [0.4, 0.5) is 4.39 Å². The lowest BCUT2D eigenvalue weighted by Gasteiger charge is -2.17. The zero-order valence-corrected chi connectivity index (χ0v) is 11.1. The molecule has 0 spiro atoms. The van der Waals surface area contributed by atoms with Crippen LogP contribution in [0.15, 0.2) is 24.3 Å². The van der Waals surface area contributed by atoms with Crippen molar-refractivity contribution in [2.45, 2.75) is 31.2 Å². The van der Waals surface area contributed by atoms with Gasteiger partial charge in [-0.15, -0.1) is 12.4 Å². The number of hydrogen-bond acceptors (Lipinski definition) is 2. The first kappa shape index (κ1) is 14.9. The Morgan fingerprint density at radius 2 is 2.22 bits per heavy atom. The number of nitrogens with one attached hydrogen (secondary N) is 1. The largest absolute Gasteiger partial charge is 0.354 e. The molecule has 18 heavy (non-hydrogen) atoms. The molecule has 1 atom stereocenters. The zero-order chi connectivity index (χ0) is 12.5. The second kappa shape index (κ2) is 5.67. The topological polar surface area (TPSA) is 55.1 Å². The van der Waals surface area contributed by atoms with Crippen molar-refractivity contribution in [3.63, 3.8) is 0 Å². The van der Waals surface area contributed by atoms with E-state index in [4.69, 9.17) is 5.73 Å². The molecule has 1 aliphatic carbocycles. The number of amides is 1. The molecule has 1 aromatic carbocycles. The molecule has 1 aromatic rings. The van der Waals surface area contributed by atoms with Crippen molar-refractivity contribution in [2.24, 2.45) is 5.73 Å². The second-order valence-corrected chi connectivity index (χ2v) is 4.80. The van der Waals surface area contributed by atoms with E-state index in [0.717, 1.165) is 18.4 Å². The van der Waals surface area contributed by atoms with Crippen molar-refractivity contribution >= 4 is 18.3 Å². The fourth-order valence-corrected chi connectivity index (χ4v) is 1.95. The molecule has 2 rings (SSSR count). The molecule has 0 heterocycles. The first-order valence-corrected chi connectivity index (χ1v) is 5.83. The molecule has 0 radical (unpaired) electrons. The third kappa shape index (κ3) is 3.21. The van der Waals surface area contributed by atoms with Crippen molar-refractivity contribution < 1.29 is 9.18 Å². The maximum absolute atomic E-state index is 13.1. The van der Waals surface area contributed by atoms with Gasteiger partial charge in [0.05, 0.1) is 6.04 Å². The zero-order valence-electron chi connectivity index (χ0n) is 10.3. The maximum atomic E-state index is 13.1. The minimum absolute atomic E-state index is 0. The molecule has 0 unspecified atom stereocenters. The molecule has 1 amide bonds. The number of carbonyl (C=O) groups excluding carboxylic acids is 1. The lowest BCUT2D eigenvalue weighted by molar-refractivity contribution is -0.122. The van der Waals surface area contributed by atoms with Crippen LogP contribution in [-0.2, 0) is 10.2 Å². The van der Waals surface area contributed by atoms with Gasteiger partial charge in [0, 0.05) is 12.0 Å². The monoisotopic (exact) mass is 272 g/mol. The van der Waals surface area contributed by atoms with Gasteiger partial charge in [0.1, 0.15) is 5.82 Å². The predicted molar refractivity (Wildman–Crippen MR) is 71.2 cm³/mol. The fraction of sp³-hybridized carbons (Fsp3) is 0.462. The van der Waals surface area contributed by atoms with Gasteiger partial charge in [-0.3, -0.25) is 4.79 Å². The summed E-state index contributed by atoms with van der Waals surface area (Å²) in [5.41, 5.74) is 6.36. The van der Waals surface area contributed by atoms with E-state index in [1.807, 2.05) is 6.07 Å². The highest BCUT2D eigenvalue weighted by Crippen LogP contribution is 2.47. The number of hydrogen-bond donors (Lipinski definition) is 2. The number of benzene rings is 1. The first-order chi connectivity index (χ1) is 8.03. The molecule has 100 valence electrons. The molecule has 1 fully saturated rings. The Hall–Kier alpha value is -1.13. The van der Waals surface area contributed by atoms with E-state index in [0.29, 0.717) is 6.54 Å². The highest BCUT2D eigenvalue weighted by Gasteiger charge is 2.44. The Labute approximate surface area is 112 Å². The quantitative estimate of drug-likeness (QED) is 0.877. The molecule has 0 bridgehead atoms. The Morgan fingerprint density at radius 1 is 1.56 bits per heavy atom. The van der Waals surface area contributed by atoms with Crippen molar-refractivity contribution in [1.29, 1.82) is 0 Å². The van der Waals surface area contributed by atoms with Gasteiger partial charge in [-0.2, -0.15) is 0 Å². The molecule has 0 saturated heterocycles. The number of halogens is 2. The molecule has 0 aliphatic heterocycles. The van der Waals surface area contributed by atoms with Crippen LogP contribution in [0.5, 0.6) is 0 Å². The summed E-state index contributed by atoms with van der Waals surface area (Å²) in [4.78, 5) is 11.4. The smallest absolute Gasteiger partial charge is 0.236 e. The van der Waals surface area contributed by atoms with Crippen LogP contribution in [0.1, 0.15) is 25.3 Å². The molecular formula is C13H18ClFN2O. The van der Waals surface area contributed by atoms with Gasteiger partial charge >= 0.3 is 0 Å². The fourth-order valence-electron chi connectivity index (χ4n) is 1.95. The minimum atomic E-state index is -0.502. The highest BCUT2D eigenvalue weighted by atomic mass is 35.5. The number of rotatable bonds is 4. The maximum Gasteiger partial charge on any atom is 0.236 e. The summed E-state index contributed by atoms with van der Waals surface area (Å²) >= 11 is 0. The molecule has 5 heteroatoms. The van der Waals surface area contributed by atoms with E-state index in [1.165, 1.54) is 6.07 Å². The summed E-state index contributed by atoms with van der Waals surface area (Å²) in [6, 6.07) is 6.09. The normalized spacial score (nSPS) is 17.5. The van der Waals surface area contributed by atoms with E-state index in [-0.39, 0.29) is 29.5 Å². The van der Waals surface area contributed by atoms with Crippen LogP contribution in [0.2, 0.25) is 0 Å². The van der Waals surface area contributed by atoms with Crippen LogP contribution < -0.4 is 11.1 Å². The van der Waals surface area contributed by atoms with Crippen LogP contribution in [0.3, 0.4) is 0 Å². The van der Waals surface area contributed by atoms with Crippen LogP contribution in [-0.4, -0.2) is 18.5 Å². The predicted octanol–water partition coefficient (Wildman–Crippen LogP) is 1.74. The van der Waals surface area contributed by atoms with Gasteiger partial charge in [-0.05, 0) is 37.5 Å². The summed E-state index contributed by atoms with van der Waals surface area (Å²) in [7, 11) is 0. The van der Waals surface area contributed by atoms with Crippen LogP contribution in [0, 0.1) is 5.82 Å². The molecule has 3 nitrogen and oxygen atoms in total. The van der Waals surface area contributed by atoms with Gasteiger partial charge in [0.25, 0.3) is 0 Å². The number of nitrogens with two attached hydrogens (primary N) is 1. The van der Waals surface area contributed by atoms with Gasteiger partial charge in [-0.25, -0.2) is 4.39 Å². The van der Waals surface area contributed by atoms with Crippen molar-refractivity contribution in [3.8, 4) is 0 Å². The Bertz CT molecular complexity index is 433. The van der Waals surface area contributed by atoms with Crippen LogP contribution in [0.25, 0.3) is 0 Å². The SMILES string of the molecule is C[C@@H](N)C(=O)NCC1(c2cccc(F)c2)CC1.Cl. The average Bonchev–Trinajstić information content (AvgIpc) is 3.07. The van der Waals surface area contributed by atoms with Gasteiger partial charge in [-0.1, -0.05) is 12.1 Å². The van der Waals surface area contributed by atoms with E-state index < -0.39 is 6.04 Å². The Balaban J connectivity index is 0.00000162. The third-order valence-corrected chi connectivity index (χ3v) is 3.31. The number of carbonyl (C=O) groups is 1. The third-order valence-electron chi connectivity index (χ3n) is 3.31. The second-order valence-electron chi connectivity index (χ2n) is 4.80. The van der Waals surface area contributed by atoms with Crippen molar-refractivity contribution in [3.05, 3.63) is 35.6 Å².